The van der Waals surface area contributed by atoms with Gasteiger partial charge in [-0.15, -0.1) is 0 Å². The molecule has 136 valence electrons. The Hall–Kier alpha value is -1.91. The van der Waals surface area contributed by atoms with Crippen LogP contribution in [0, 0.1) is 23.6 Å². The largest absolute Gasteiger partial charge is 0.481 e. The number of hydrogen-bond acceptors (Lipinski definition) is 2. The Morgan fingerprint density at radius 2 is 1.52 bits per heavy atom. The minimum atomic E-state index is -0.756. The predicted octanol–water partition coefficient (Wildman–Crippen LogP) is 4.06. The number of hydrogen-bond donors (Lipinski definition) is 2. The second kappa shape index (κ2) is 7.98. The quantitative estimate of drug-likeness (QED) is 0.844. The van der Waals surface area contributed by atoms with Crippen LogP contribution in [0.4, 0.5) is 4.39 Å². The number of nitrogens with one attached hydrogen (secondary N) is 1. The number of carboxylic acids is 1. The molecule has 1 atom stereocenters. The molecule has 2 aliphatic rings. The lowest BCUT2D eigenvalue weighted by atomic mass is 9.81. The van der Waals surface area contributed by atoms with Crippen molar-refractivity contribution < 1.29 is 19.1 Å². The van der Waals surface area contributed by atoms with Crippen molar-refractivity contribution in [3.8, 4) is 0 Å². The summed E-state index contributed by atoms with van der Waals surface area (Å²) in [7, 11) is 0. The Balaban J connectivity index is 1.66. The lowest BCUT2D eigenvalue weighted by Gasteiger charge is -2.30. The van der Waals surface area contributed by atoms with Crippen molar-refractivity contribution >= 4 is 11.9 Å². The van der Waals surface area contributed by atoms with Crippen molar-refractivity contribution in [1.82, 2.24) is 5.32 Å². The van der Waals surface area contributed by atoms with E-state index in [0.29, 0.717) is 31.6 Å². The minimum absolute atomic E-state index is 0.0186. The van der Waals surface area contributed by atoms with E-state index in [1.807, 2.05) is 0 Å². The first-order chi connectivity index (χ1) is 12.0. The molecule has 1 unspecified atom stereocenters. The zero-order valence-corrected chi connectivity index (χ0v) is 14.4. The van der Waals surface area contributed by atoms with Gasteiger partial charge < -0.3 is 10.4 Å². The number of carbonyl (C=O) groups excluding carboxylic acids is 1. The number of amides is 1. The van der Waals surface area contributed by atoms with Crippen molar-refractivity contribution in [3.05, 3.63) is 35.6 Å². The highest BCUT2D eigenvalue weighted by Crippen LogP contribution is 2.37. The number of aliphatic carboxylic acids is 1. The molecule has 0 bridgehead atoms. The molecule has 1 aromatic rings. The van der Waals surface area contributed by atoms with Crippen LogP contribution in [0.3, 0.4) is 0 Å². The summed E-state index contributed by atoms with van der Waals surface area (Å²) >= 11 is 0. The summed E-state index contributed by atoms with van der Waals surface area (Å²) in [5.74, 6) is -1.04. The molecule has 0 spiro atoms. The lowest BCUT2D eigenvalue weighted by molar-refractivity contribution is -0.144. The monoisotopic (exact) mass is 347 g/mol. The van der Waals surface area contributed by atoms with Gasteiger partial charge in [0, 0.05) is 5.92 Å². The van der Waals surface area contributed by atoms with E-state index >= 15 is 0 Å². The smallest absolute Gasteiger partial charge is 0.306 e. The second-order valence-electron chi connectivity index (χ2n) is 7.47. The Morgan fingerprint density at radius 1 is 0.960 bits per heavy atom. The molecule has 0 saturated heterocycles. The molecule has 0 aromatic heterocycles. The second-order valence-corrected chi connectivity index (χ2v) is 7.47. The Bertz CT molecular complexity index is 602. The zero-order chi connectivity index (χ0) is 17.8. The first-order valence-corrected chi connectivity index (χ1v) is 9.33. The van der Waals surface area contributed by atoms with Gasteiger partial charge in [0.15, 0.2) is 0 Å². The summed E-state index contributed by atoms with van der Waals surface area (Å²) in [5, 5.41) is 12.3. The van der Waals surface area contributed by atoms with E-state index in [1.54, 1.807) is 12.1 Å². The Morgan fingerprint density at radius 3 is 2.08 bits per heavy atom. The molecule has 2 aliphatic carbocycles. The number of halogens is 1. The first kappa shape index (κ1) is 17.9. The fourth-order valence-corrected chi connectivity index (χ4v) is 4.31. The summed E-state index contributed by atoms with van der Waals surface area (Å²) < 4.78 is 13.2. The van der Waals surface area contributed by atoms with Gasteiger partial charge in [0.1, 0.15) is 5.82 Å². The van der Waals surface area contributed by atoms with Gasteiger partial charge in [-0.25, -0.2) is 4.39 Å². The average molecular weight is 347 g/mol. The molecule has 5 heteroatoms. The van der Waals surface area contributed by atoms with Crippen LogP contribution < -0.4 is 5.32 Å². The molecule has 0 heterocycles. The van der Waals surface area contributed by atoms with Gasteiger partial charge in [0.2, 0.25) is 5.91 Å². The highest BCUT2D eigenvalue weighted by molar-refractivity contribution is 5.79. The van der Waals surface area contributed by atoms with Crippen molar-refractivity contribution in [2.45, 2.75) is 57.4 Å². The Labute approximate surface area is 147 Å². The minimum Gasteiger partial charge on any atom is -0.481 e. The molecule has 2 saturated carbocycles. The highest BCUT2D eigenvalue weighted by atomic mass is 19.1. The maximum absolute atomic E-state index is 13.2. The van der Waals surface area contributed by atoms with Crippen LogP contribution in [0.15, 0.2) is 24.3 Å². The summed E-state index contributed by atoms with van der Waals surface area (Å²) in [6, 6.07) is 6.34. The van der Waals surface area contributed by atoms with Crippen molar-refractivity contribution in [1.29, 1.82) is 0 Å². The molecule has 2 N–H and O–H groups in total. The highest BCUT2D eigenvalue weighted by Gasteiger charge is 2.33. The first-order valence-electron chi connectivity index (χ1n) is 9.33. The van der Waals surface area contributed by atoms with E-state index < -0.39 is 5.97 Å². The maximum Gasteiger partial charge on any atom is 0.306 e. The van der Waals surface area contributed by atoms with Crippen LogP contribution in [0.2, 0.25) is 0 Å². The van der Waals surface area contributed by atoms with Crippen molar-refractivity contribution in [3.63, 3.8) is 0 Å². The summed E-state index contributed by atoms with van der Waals surface area (Å²) in [6.07, 6.45) is 6.88. The molecule has 1 amide bonds. The van der Waals surface area contributed by atoms with Crippen LogP contribution in [-0.2, 0) is 9.59 Å². The fourth-order valence-electron chi connectivity index (χ4n) is 4.31. The van der Waals surface area contributed by atoms with E-state index in [4.69, 9.17) is 5.11 Å². The van der Waals surface area contributed by atoms with E-state index in [-0.39, 0.29) is 29.6 Å². The molecule has 25 heavy (non-hydrogen) atoms. The third kappa shape index (κ3) is 4.39. The number of carbonyl (C=O) groups is 2. The fraction of sp³-hybridized carbons (Fsp3) is 0.600. The third-order valence-electron chi connectivity index (χ3n) is 5.85. The van der Waals surface area contributed by atoms with Gasteiger partial charge in [-0.1, -0.05) is 25.0 Å². The van der Waals surface area contributed by atoms with Gasteiger partial charge in [-0.3, -0.25) is 9.59 Å². The van der Waals surface area contributed by atoms with Gasteiger partial charge in [0.05, 0.1) is 12.0 Å². The lowest BCUT2D eigenvalue weighted by Crippen LogP contribution is -2.38. The molecule has 2 fully saturated rings. The third-order valence-corrected chi connectivity index (χ3v) is 5.85. The molecular weight excluding hydrogens is 321 g/mol. The predicted molar refractivity (Wildman–Crippen MR) is 92.3 cm³/mol. The van der Waals surface area contributed by atoms with Crippen LogP contribution in [0.5, 0.6) is 0 Å². The van der Waals surface area contributed by atoms with E-state index in [1.165, 1.54) is 25.0 Å². The molecule has 0 aliphatic heterocycles. The number of carboxylic acid groups (broad SMARTS) is 1. The Kier molecular flexibility index (Phi) is 5.71. The summed E-state index contributed by atoms with van der Waals surface area (Å²) in [6.45, 7) is 0. The van der Waals surface area contributed by atoms with Crippen LogP contribution in [-0.4, -0.2) is 17.0 Å². The van der Waals surface area contributed by atoms with Crippen LogP contribution in [0.1, 0.15) is 63.0 Å². The van der Waals surface area contributed by atoms with Gasteiger partial charge in [-0.05, 0) is 62.1 Å². The maximum atomic E-state index is 13.2. The number of benzene rings is 1. The van der Waals surface area contributed by atoms with Gasteiger partial charge in [0.25, 0.3) is 0 Å². The number of rotatable bonds is 5. The zero-order valence-electron chi connectivity index (χ0n) is 14.4. The van der Waals surface area contributed by atoms with Gasteiger partial charge in [-0.2, -0.15) is 0 Å². The average Bonchev–Trinajstić information content (AvgIpc) is 3.15. The molecule has 3 rings (SSSR count). The van der Waals surface area contributed by atoms with Crippen molar-refractivity contribution in [2.75, 3.05) is 0 Å². The SMILES string of the molecule is O=C(O)C1CCC(C(=O)NC(c2ccc(F)cc2)C2CCCC2)CC1. The van der Waals surface area contributed by atoms with Crippen LogP contribution >= 0.6 is 0 Å². The van der Waals surface area contributed by atoms with E-state index in [0.717, 1.165) is 18.4 Å². The van der Waals surface area contributed by atoms with E-state index in [2.05, 4.69) is 5.32 Å². The molecule has 1 aromatic carbocycles. The summed E-state index contributed by atoms with van der Waals surface area (Å²) in [4.78, 5) is 23.8. The molecule has 4 nitrogen and oxygen atoms in total. The standard InChI is InChI=1S/C20H26FNO3/c21-17-11-9-14(10-12-17)18(13-3-1-2-4-13)22-19(23)15-5-7-16(8-6-15)20(24)25/h9-13,15-16,18H,1-8H2,(H,22,23)(H,24,25). The normalized spacial score (nSPS) is 25.5. The van der Waals surface area contributed by atoms with Crippen molar-refractivity contribution in [2.24, 2.45) is 17.8 Å². The van der Waals surface area contributed by atoms with Gasteiger partial charge >= 0.3 is 5.97 Å². The van der Waals surface area contributed by atoms with E-state index in [9.17, 15) is 14.0 Å². The molecular formula is C20H26FNO3. The summed E-state index contributed by atoms with van der Waals surface area (Å²) in [5.41, 5.74) is 0.959. The topological polar surface area (TPSA) is 66.4 Å². The van der Waals surface area contributed by atoms with Crippen LogP contribution in [0.25, 0.3) is 0 Å². The molecule has 0 radical (unpaired) electrons.